The van der Waals surface area contributed by atoms with E-state index in [0.29, 0.717) is 13.0 Å². The van der Waals surface area contributed by atoms with Gasteiger partial charge in [-0.2, -0.15) is 0 Å². The molecule has 0 saturated heterocycles. The van der Waals surface area contributed by atoms with Gasteiger partial charge < -0.3 is 10.1 Å². The minimum absolute atomic E-state index is 0.0972. The Morgan fingerprint density at radius 1 is 1.23 bits per heavy atom. The van der Waals surface area contributed by atoms with Gasteiger partial charge in [0.1, 0.15) is 5.75 Å². The lowest BCUT2D eigenvalue weighted by molar-refractivity contribution is -0.384. The number of rotatable bonds is 3. The zero-order valence-electron chi connectivity index (χ0n) is 11.7. The highest BCUT2D eigenvalue weighted by atomic mass is 16.6. The first-order valence-electron chi connectivity index (χ1n) is 6.92. The number of nitrogens with zero attached hydrogens (tertiary/aromatic N) is 1. The molecule has 0 aromatic heterocycles. The Morgan fingerprint density at radius 2 is 2.05 bits per heavy atom. The number of fused-ring (bicyclic) bond motifs is 1. The van der Waals surface area contributed by atoms with E-state index in [0.717, 1.165) is 11.3 Å². The van der Waals surface area contributed by atoms with Crippen LogP contribution in [0.3, 0.4) is 0 Å². The van der Waals surface area contributed by atoms with Crippen molar-refractivity contribution in [1.82, 2.24) is 5.32 Å². The maximum atomic E-state index is 12.3. The molecular formula is C16H14N2O4. The first-order chi connectivity index (χ1) is 10.6. The Kier molecular flexibility index (Phi) is 3.74. The van der Waals surface area contributed by atoms with Gasteiger partial charge in [-0.3, -0.25) is 14.9 Å². The zero-order valence-corrected chi connectivity index (χ0v) is 11.7. The van der Waals surface area contributed by atoms with Crippen molar-refractivity contribution in [2.75, 3.05) is 6.61 Å². The van der Waals surface area contributed by atoms with Crippen LogP contribution in [0.1, 0.15) is 28.4 Å². The van der Waals surface area contributed by atoms with Crippen molar-refractivity contribution in [3.63, 3.8) is 0 Å². The van der Waals surface area contributed by atoms with Gasteiger partial charge in [0.15, 0.2) is 0 Å². The van der Waals surface area contributed by atoms with Crippen molar-refractivity contribution in [1.29, 1.82) is 0 Å². The van der Waals surface area contributed by atoms with Crippen molar-refractivity contribution in [2.24, 2.45) is 0 Å². The van der Waals surface area contributed by atoms with Crippen molar-refractivity contribution in [3.05, 3.63) is 69.8 Å². The van der Waals surface area contributed by atoms with E-state index in [1.807, 2.05) is 24.3 Å². The van der Waals surface area contributed by atoms with Crippen molar-refractivity contribution >= 4 is 11.6 Å². The van der Waals surface area contributed by atoms with Gasteiger partial charge in [0.2, 0.25) is 0 Å². The summed E-state index contributed by atoms with van der Waals surface area (Å²) in [5, 5.41) is 13.7. The minimum Gasteiger partial charge on any atom is -0.493 e. The van der Waals surface area contributed by atoms with Crippen molar-refractivity contribution in [3.8, 4) is 5.75 Å². The van der Waals surface area contributed by atoms with Gasteiger partial charge in [0, 0.05) is 29.7 Å². The number of amides is 1. The number of benzene rings is 2. The van der Waals surface area contributed by atoms with Crippen LogP contribution in [0.25, 0.3) is 0 Å². The summed E-state index contributed by atoms with van der Waals surface area (Å²) < 4.78 is 5.55. The largest absolute Gasteiger partial charge is 0.493 e. The van der Waals surface area contributed by atoms with Gasteiger partial charge in [-0.25, -0.2) is 0 Å². The van der Waals surface area contributed by atoms with Gasteiger partial charge in [-0.05, 0) is 12.1 Å². The van der Waals surface area contributed by atoms with Crippen LogP contribution < -0.4 is 10.1 Å². The zero-order chi connectivity index (χ0) is 15.5. The standard InChI is InChI=1S/C16H14N2O4/c19-16(11-4-3-5-12(10-11)18(20)21)17-14-8-9-22-15-7-2-1-6-13(14)15/h1-7,10,14H,8-9H2,(H,17,19)/t14-/m1/s1. The van der Waals surface area contributed by atoms with E-state index in [9.17, 15) is 14.9 Å². The molecule has 0 bridgehead atoms. The summed E-state index contributed by atoms with van der Waals surface area (Å²) in [6.07, 6.45) is 0.664. The topological polar surface area (TPSA) is 81.5 Å². The molecule has 6 heteroatoms. The Balaban J connectivity index is 1.81. The fourth-order valence-electron chi connectivity index (χ4n) is 2.49. The second-order valence-electron chi connectivity index (χ2n) is 5.01. The van der Waals surface area contributed by atoms with Gasteiger partial charge >= 0.3 is 0 Å². The molecule has 0 unspecified atom stereocenters. The molecule has 6 nitrogen and oxygen atoms in total. The summed E-state index contributed by atoms with van der Waals surface area (Å²) in [6.45, 7) is 0.525. The lowest BCUT2D eigenvalue weighted by atomic mass is 10.00. The maximum absolute atomic E-state index is 12.3. The van der Waals surface area contributed by atoms with Gasteiger partial charge in [0.25, 0.3) is 11.6 Å². The molecule has 1 aliphatic rings. The number of carbonyl (C=O) groups excluding carboxylic acids is 1. The second kappa shape index (κ2) is 5.85. The third-order valence-corrected chi connectivity index (χ3v) is 3.58. The van der Waals surface area contributed by atoms with Gasteiger partial charge in [0.05, 0.1) is 17.6 Å². The van der Waals surface area contributed by atoms with E-state index in [-0.39, 0.29) is 23.2 Å². The monoisotopic (exact) mass is 298 g/mol. The fourth-order valence-corrected chi connectivity index (χ4v) is 2.49. The predicted molar refractivity (Wildman–Crippen MR) is 79.9 cm³/mol. The van der Waals surface area contributed by atoms with Crippen molar-refractivity contribution < 1.29 is 14.5 Å². The minimum atomic E-state index is -0.513. The molecule has 3 rings (SSSR count). The van der Waals surface area contributed by atoms with E-state index in [1.165, 1.54) is 18.2 Å². The number of non-ortho nitro benzene ring substituents is 1. The highest BCUT2D eigenvalue weighted by Gasteiger charge is 2.23. The van der Waals surface area contributed by atoms with Crippen LogP contribution in [0.2, 0.25) is 0 Å². The molecule has 1 N–H and O–H groups in total. The molecule has 22 heavy (non-hydrogen) atoms. The summed E-state index contributed by atoms with van der Waals surface area (Å²) in [7, 11) is 0. The van der Waals surface area contributed by atoms with E-state index in [4.69, 9.17) is 4.74 Å². The van der Waals surface area contributed by atoms with Crippen LogP contribution in [-0.2, 0) is 0 Å². The number of hydrogen-bond donors (Lipinski definition) is 1. The first kappa shape index (κ1) is 14.1. The van der Waals surface area contributed by atoms with Crippen molar-refractivity contribution in [2.45, 2.75) is 12.5 Å². The molecule has 1 atom stereocenters. The van der Waals surface area contributed by atoms with Gasteiger partial charge in [-0.15, -0.1) is 0 Å². The lowest BCUT2D eigenvalue weighted by Gasteiger charge is -2.26. The normalized spacial score (nSPS) is 16.3. The van der Waals surface area contributed by atoms with Crippen LogP contribution in [0, 0.1) is 10.1 Å². The SMILES string of the molecule is O=C(N[C@@H]1CCOc2ccccc21)c1cccc([N+](=O)[O-])c1. The maximum Gasteiger partial charge on any atom is 0.270 e. The molecule has 1 heterocycles. The third kappa shape index (κ3) is 2.76. The fraction of sp³-hybridized carbons (Fsp3) is 0.188. The Hall–Kier alpha value is -2.89. The molecule has 0 fully saturated rings. The second-order valence-corrected chi connectivity index (χ2v) is 5.01. The van der Waals surface area contributed by atoms with Crippen LogP contribution in [0.4, 0.5) is 5.69 Å². The summed E-state index contributed by atoms with van der Waals surface area (Å²) in [6, 6.07) is 13.1. The number of para-hydroxylation sites is 1. The predicted octanol–water partition coefficient (Wildman–Crippen LogP) is 2.85. The molecule has 2 aromatic rings. The molecule has 0 aliphatic carbocycles. The number of nitro groups is 1. The number of hydrogen-bond acceptors (Lipinski definition) is 4. The molecular weight excluding hydrogens is 284 g/mol. The molecule has 0 radical (unpaired) electrons. The highest BCUT2D eigenvalue weighted by molar-refractivity contribution is 5.95. The molecule has 1 aliphatic heterocycles. The summed E-state index contributed by atoms with van der Waals surface area (Å²) >= 11 is 0. The molecule has 0 saturated carbocycles. The molecule has 2 aromatic carbocycles. The van der Waals surface area contributed by atoms with E-state index >= 15 is 0 Å². The Morgan fingerprint density at radius 3 is 2.86 bits per heavy atom. The molecule has 0 spiro atoms. The van der Waals surface area contributed by atoms with Crippen LogP contribution in [0.15, 0.2) is 48.5 Å². The highest BCUT2D eigenvalue weighted by Crippen LogP contribution is 2.31. The van der Waals surface area contributed by atoms with Crippen LogP contribution >= 0.6 is 0 Å². The average molecular weight is 298 g/mol. The van der Waals surface area contributed by atoms with Gasteiger partial charge in [-0.1, -0.05) is 24.3 Å². The summed E-state index contributed by atoms with van der Waals surface area (Å²) in [4.78, 5) is 22.6. The van der Waals surface area contributed by atoms with E-state index in [1.54, 1.807) is 6.07 Å². The summed E-state index contributed by atoms with van der Waals surface area (Å²) in [5.74, 6) is 0.434. The molecule has 112 valence electrons. The van der Waals surface area contributed by atoms with E-state index < -0.39 is 4.92 Å². The van der Waals surface area contributed by atoms with Crippen LogP contribution in [0.5, 0.6) is 5.75 Å². The molecule has 1 amide bonds. The van der Waals surface area contributed by atoms with Crippen LogP contribution in [-0.4, -0.2) is 17.4 Å². The lowest BCUT2D eigenvalue weighted by Crippen LogP contribution is -2.32. The smallest absolute Gasteiger partial charge is 0.270 e. The average Bonchev–Trinajstić information content (AvgIpc) is 2.55. The number of carbonyl (C=O) groups is 1. The Bertz CT molecular complexity index is 730. The first-order valence-corrected chi connectivity index (χ1v) is 6.92. The quantitative estimate of drug-likeness (QED) is 0.698. The Labute approximate surface area is 126 Å². The number of ether oxygens (including phenoxy) is 1. The van der Waals surface area contributed by atoms with E-state index in [2.05, 4.69) is 5.32 Å². The third-order valence-electron chi connectivity index (χ3n) is 3.58. The number of nitro benzene ring substituents is 1. The summed E-state index contributed by atoms with van der Waals surface area (Å²) in [5.41, 5.74) is 1.10. The number of nitrogens with one attached hydrogen (secondary N) is 1.